The van der Waals surface area contributed by atoms with Crippen molar-refractivity contribution < 1.29 is 4.79 Å². The van der Waals surface area contributed by atoms with Crippen molar-refractivity contribution >= 4 is 5.78 Å². The van der Waals surface area contributed by atoms with E-state index in [4.69, 9.17) is 0 Å². The number of allylic oxidation sites excluding steroid dienone is 2. The maximum absolute atomic E-state index is 11.2. The normalized spacial score (nSPS) is 34.8. The molecule has 2 bridgehead atoms. The van der Waals surface area contributed by atoms with E-state index in [1.54, 1.807) is 5.57 Å². The molecule has 1 saturated carbocycles. The van der Waals surface area contributed by atoms with Crippen LogP contribution in [0.5, 0.6) is 0 Å². The highest BCUT2D eigenvalue weighted by atomic mass is 16.1. The van der Waals surface area contributed by atoms with E-state index in [2.05, 4.69) is 13.0 Å². The highest BCUT2D eigenvalue weighted by Crippen LogP contribution is 2.37. The minimum absolute atomic E-state index is 0.489. The van der Waals surface area contributed by atoms with Gasteiger partial charge in [0.25, 0.3) is 0 Å². The second-order valence-corrected chi connectivity index (χ2v) is 4.19. The fourth-order valence-electron chi connectivity index (χ4n) is 2.61. The Kier molecular flexibility index (Phi) is 2.03. The Morgan fingerprint density at radius 1 is 1.42 bits per heavy atom. The van der Waals surface area contributed by atoms with Gasteiger partial charge in [0.15, 0.2) is 0 Å². The van der Waals surface area contributed by atoms with Gasteiger partial charge in [0.05, 0.1) is 0 Å². The van der Waals surface area contributed by atoms with Crippen LogP contribution in [0.3, 0.4) is 0 Å². The standard InChI is InChI=1S/C11H16O/c1-2-8-3-9-5-10(4-8)7-11(12)6-9/h3,9-10H,2,4-7H2,1H3/t9-,10+/m0/s1. The predicted octanol–water partition coefficient (Wildman–Crippen LogP) is 2.71. The van der Waals surface area contributed by atoms with Crippen molar-refractivity contribution in [1.82, 2.24) is 0 Å². The van der Waals surface area contributed by atoms with Gasteiger partial charge in [0.2, 0.25) is 0 Å². The van der Waals surface area contributed by atoms with Crippen LogP contribution < -0.4 is 0 Å². The molecule has 66 valence electrons. The summed E-state index contributed by atoms with van der Waals surface area (Å²) in [6.45, 7) is 2.22. The van der Waals surface area contributed by atoms with Gasteiger partial charge in [-0.15, -0.1) is 0 Å². The van der Waals surface area contributed by atoms with Gasteiger partial charge in [-0.3, -0.25) is 4.79 Å². The van der Waals surface area contributed by atoms with Gasteiger partial charge >= 0.3 is 0 Å². The van der Waals surface area contributed by atoms with Crippen LogP contribution in [-0.2, 0) is 4.79 Å². The van der Waals surface area contributed by atoms with Crippen molar-refractivity contribution in [2.45, 2.75) is 39.0 Å². The zero-order chi connectivity index (χ0) is 8.55. The topological polar surface area (TPSA) is 17.1 Å². The van der Waals surface area contributed by atoms with Crippen molar-refractivity contribution in [3.8, 4) is 0 Å². The third-order valence-corrected chi connectivity index (χ3v) is 3.12. The van der Waals surface area contributed by atoms with E-state index in [-0.39, 0.29) is 0 Å². The lowest BCUT2D eigenvalue weighted by Crippen LogP contribution is -2.25. The van der Waals surface area contributed by atoms with Crippen molar-refractivity contribution in [2.24, 2.45) is 11.8 Å². The Hall–Kier alpha value is -0.590. The quantitative estimate of drug-likeness (QED) is 0.544. The molecular weight excluding hydrogens is 148 g/mol. The molecule has 2 aliphatic rings. The molecule has 0 amide bonds. The SMILES string of the molecule is CCC1=C[C@@H]2CC(=O)C[C@H](C1)C2. The summed E-state index contributed by atoms with van der Waals surface area (Å²) < 4.78 is 0. The molecule has 0 aromatic heterocycles. The first-order valence-corrected chi connectivity index (χ1v) is 4.99. The number of fused-ring (bicyclic) bond motifs is 2. The summed E-state index contributed by atoms with van der Waals surface area (Å²) in [5.74, 6) is 1.78. The number of hydrogen-bond donors (Lipinski definition) is 0. The number of rotatable bonds is 1. The van der Waals surface area contributed by atoms with Crippen LogP contribution >= 0.6 is 0 Å². The summed E-state index contributed by atoms with van der Waals surface area (Å²) in [5.41, 5.74) is 1.59. The van der Waals surface area contributed by atoms with Crippen LogP contribution in [0.15, 0.2) is 11.6 Å². The third-order valence-electron chi connectivity index (χ3n) is 3.12. The van der Waals surface area contributed by atoms with Gasteiger partial charge in [0.1, 0.15) is 5.78 Å². The summed E-state index contributed by atoms with van der Waals surface area (Å²) in [7, 11) is 0. The average molecular weight is 164 g/mol. The number of carbonyl (C=O) groups excluding carboxylic acids is 1. The Balaban J connectivity index is 2.14. The number of Topliss-reactive ketones (excluding diaryl/α,β-unsaturated/α-hetero) is 1. The van der Waals surface area contributed by atoms with Gasteiger partial charge < -0.3 is 0 Å². The monoisotopic (exact) mass is 164 g/mol. The smallest absolute Gasteiger partial charge is 0.133 e. The molecular formula is C11H16O. The van der Waals surface area contributed by atoms with Crippen molar-refractivity contribution in [3.63, 3.8) is 0 Å². The number of hydrogen-bond acceptors (Lipinski definition) is 1. The van der Waals surface area contributed by atoms with Crippen LogP contribution in [0.25, 0.3) is 0 Å². The lowest BCUT2D eigenvalue weighted by atomic mass is 9.72. The van der Waals surface area contributed by atoms with E-state index in [1.165, 1.54) is 19.3 Å². The fourth-order valence-corrected chi connectivity index (χ4v) is 2.61. The molecule has 1 fully saturated rings. The van der Waals surface area contributed by atoms with E-state index in [1.807, 2.05) is 0 Å². The van der Waals surface area contributed by atoms with Gasteiger partial charge in [0, 0.05) is 12.8 Å². The second-order valence-electron chi connectivity index (χ2n) is 4.19. The third kappa shape index (κ3) is 1.45. The van der Waals surface area contributed by atoms with E-state index in [0.29, 0.717) is 17.6 Å². The van der Waals surface area contributed by atoms with E-state index >= 15 is 0 Å². The minimum Gasteiger partial charge on any atom is -0.300 e. The van der Waals surface area contributed by atoms with E-state index < -0.39 is 0 Å². The van der Waals surface area contributed by atoms with Gasteiger partial charge in [-0.2, -0.15) is 0 Å². The molecule has 12 heavy (non-hydrogen) atoms. The molecule has 0 heterocycles. The zero-order valence-electron chi connectivity index (χ0n) is 7.68. The predicted molar refractivity (Wildman–Crippen MR) is 48.8 cm³/mol. The van der Waals surface area contributed by atoms with Gasteiger partial charge in [-0.05, 0) is 31.1 Å². The van der Waals surface area contributed by atoms with Crippen molar-refractivity contribution in [2.75, 3.05) is 0 Å². The Bertz CT molecular complexity index is 227. The lowest BCUT2D eigenvalue weighted by molar-refractivity contribution is -0.122. The molecule has 2 rings (SSSR count). The Morgan fingerprint density at radius 3 is 2.92 bits per heavy atom. The first-order chi connectivity index (χ1) is 5.78. The molecule has 1 heteroatoms. The summed E-state index contributed by atoms with van der Waals surface area (Å²) >= 11 is 0. The van der Waals surface area contributed by atoms with E-state index in [9.17, 15) is 4.79 Å². The van der Waals surface area contributed by atoms with Crippen LogP contribution in [0.1, 0.15) is 39.0 Å². The fraction of sp³-hybridized carbons (Fsp3) is 0.727. The Labute approximate surface area is 73.8 Å². The second kappa shape index (κ2) is 3.04. The molecule has 0 aromatic carbocycles. The van der Waals surface area contributed by atoms with Crippen LogP contribution in [0.2, 0.25) is 0 Å². The zero-order valence-corrected chi connectivity index (χ0v) is 7.68. The van der Waals surface area contributed by atoms with E-state index in [0.717, 1.165) is 12.8 Å². The minimum atomic E-state index is 0.489. The van der Waals surface area contributed by atoms with Crippen molar-refractivity contribution in [1.29, 1.82) is 0 Å². The molecule has 0 unspecified atom stereocenters. The molecule has 0 aliphatic heterocycles. The molecule has 2 atom stereocenters. The van der Waals surface area contributed by atoms with Crippen molar-refractivity contribution in [3.05, 3.63) is 11.6 Å². The summed E-state index contributed by atoms with van der Waals surface area (Å²) in [4.78, 5) is 11.2. The average Bonchev–Trinajstić information content (AvgIpc) is 2.02. The molecule has 2 aliphatic carbocycles. The first-order valence-electron chi connectivity index (χ1n) is 4.99. The summed E-state index contributed by atoms with van der Waals surface area (Å²) in [6, 6.07) is 0. The number of ketones is 1. The van der Waals surface area contributed by atoms with Crippen LogP contribution in [0.4, 0.5) is 0 Å². The lowest BCUT2D eigenvalue weighted by Gasteiger charge is -2.32. The highest BCUT2D eigenvalue weighted by Gasteiger charge is 2.29. The molecule has 0 spiro atoms. The largest absolute Gasteiger partial charge is 0.300 e. The van der Waals surface area contributed by atoms with Gasteiger partial charge in [-0.1, -0.05) is 18.6 Å². The maximum Gasteiger partial charge on any atom is 0.133 e. The summed E-state index contributed by atoms with van der Waals surface area (Å²) in [6.07, 6.45) is 7.68. The Morgan fingerprint density at radius 2 is 2.25 bits per heavy atom. The molecule has 0 N–H and O–H groups in total. The van der Waals surface area contributed by atoms with Crippen LogP contribution in [0, 0.1) is 11.8 Å². The first kappa shape index (κ1) is 8.03. The molecule has 0 radical (unpaired) electrons. The highest BCUT2D eigenvalue weighted by molar-refractivity contribution is 5.80. The van der Waals surface area contributed by atoms with Crippen LogP contribution in [-0.4, -0.2) is 5.78 Å². The molecule has 0 saturated heterocycles. The van der Waals surface area contributed by atoms with Gasteiger partial charge in [-0.25, -0.2) is 0 Å². The summed E-state index contributed by atoms with van der Waals surface area (Å²) in [5, 5.41) is 0. The maximum atomic E-state index is 11.2. The number of carbonyl (C=O) groups is 1. The molecule has 1 nitrogen and oxygen atoms in total. The molecule has 0 aromatic rings.